The van der Waals surface area contributed by atoms with E-state index in [2.05, 4.69) is 11.0 Å². The molecule has 18 heavy (non-hydrogen) atoms. The second-order valence-corrected chi connectivity index (χ2v) is 5.59. The summed E-state index contributed by atoms with van der Waals surface area (Å²) in [4.78, 5) is 22.6. The highest BCUT2D eigenvalue weighted by molar-refractivity contribution is 5.69. The van der Waals surface area contributed by atoms with Crippen LogP contribution in [0.25, 0.3) is 0 Å². The highest BCUT2D eigenvalue weighted by atomic mass is 16.6. The average Bonchev–Trinajstić information content (AvgIpc) is 2.08. The van der Waals surface area contributed by atoms with Crippen molar-refractivity contribution in [3.8, 4) is 0 Å². The molecule has 0 heterocycles. The number of nitrogens with two attached hydrogens (primary N) is 1. The first-order valence-electron chi connectivity index (χ1n) is 5.43. The lowest BCUT2D eigenvalue weighted by Crippen LogP contribution is -2.57. The van der Waals surface area contributed by atoms with Crippen molar-refractivity contribution in [2.24, 2.45) is 5.84 Å². The molecular formula is C10H22N4O4. The van der Waals surface area contributed by atoms with E-state index in [1.165, 1.54) is 0 Å². The van der Waals surface area contributed by atoms with Crippen molar-refractivity contribution in [2.75, 3.05) is 0 Å². The first-order valence-corrected chi connectivity index (χ1v) is 5.43. The van der Waals surface area contributed by atoms with E-state index < -0.39 is 23.4 Å². The molecule has 0 aromatic heterocycles. The number of carbonyl (C=O) groups excluding carboxylic acids is 2. The van der Waals surface area contributed by atoms with Crippen molar-refractivity contribution in [3.05, 3.63) is 0 Å². The van der Waals surface area contributed by atoms with Crippen LogP contribution < -0.4 is 16.8 Å². The zero-order valence-electron chi connectivity index (χ0n) is 11.7. The van der Waals surface area contributed by atoms with Gasteiger partial charge in [-0.1, -0.05) is 0 Å². The maximum absolute atomic E-state index is 11.4. The molecule has 0 atom stereocenters. The molecule has 0 saturated heterocycles. The maximum atomic E-state index is 11.4. The molecule has 0 aliphatic heterocycles. The zero-order valence-corrected chi connectivity index (χ0v) is 11.7. The van der Waals surface area contributed by atoms with Crippen molar-refractivity contribution in [2.45, 2.75) is 52.7 Å². The Balaban J connectivity index is 4.07. The van der Waals surface area contributed by atoms with Crippen LogP contribution in [-0.2, 0) is 9.47 Å². The van der Waals surface area contributed by atoms with Gasteiger partial charge in [-0.3, -0.25) is 0 Å². The first kappa shape index (κ1) is 16.5. The molecular weight excluding hydrogens is 240 g/mol. The van der Waals surface area contributed by atoms with Gasteiger partial charge in [0.05, 0.1) is 0 Å². The molecule has 0 aliphatic rings. The van der Waals surface area contributed by atoms with Gasteiger partial charge in [-0.25, -0.2) is 20.9 Å². The third-order valence-corrected chi connectivity index (χ3v) is 1.27. The fourth-order valence-electron chi connectivity index (χ4n) is 0.766. The summed E-state index contributed by atoms with van der Waals surface area (Å²) >= 11 is 0. The Morgan fingerprint density at radius 3 is 1.83 bits per heavy atom. The van der Waals surface area contributed by atoms with Crippen LogP contribution in [0.1, 0.15) is 41.5 Å². The van der Waals surface area contributed by atoms with Crippen molar-refractivity contribution < 1.29 is 19.1 Å². The van der Waals surface area contributed by atoms with E-state index in [0.29, 0.717) is 5.12 Å². The SMILES string of the molecule is CC(C)(C)OC(=O)NNN(N)C(=O)OC(C)(C)C. The molecule has 0 rings (SSSR count). The molecule has 0 radical (unpaired) electrons. The minimum Gasteiger partial charge on any atom is -0.443 e. The van der Waals surface area contributed by atoms with Gasteiger partial charge in [-0.2, -0.15) is 5.12 Å². The number of rotatable bonds is 2. The van der Waals surface area contributed by atoms with Crippen molar-refractivity contribution in [3.63, 3.8) is 0 Å². The molecule has 106 valence electrons. The van der Waals surface area contributed by atoms with Gasteiger partial charge in [-0.15, -0.1) is 5.53 Å². The van der Waals surface area contributed by atoms with E-state index in [9.17, 15) is 9.59 Å². The molecule has 0 spiro atoms. The second kappa shape index (κ2) is 5.87. The number of nitrogens with one attached hydrogen (secondary N) is 2. The van der Waals surface area contributed by atoms with E-state index in [-0.39, 0.29) is 0 Å². The van der Waals surface area contributed by atoms with Crippen molar-refractivity contribution in [1.82, 2.24) is 16.1 Å². The number of hydrogen-bond acceptors (Lipinski definition) is 6. The summed E-state index contributed by atoms with van der Waals surface area (Å²) < 4.78 is 9.86. The Bertz CT molecular complexity index is 306. The Labute approximate surface area is 107 Å². The minimum atomic E-state index is -0.835. The van der Waals surface area contributed by atoms with Crippen molar-refractivity contribution in [1.29, 1.82) is 0 Å². The number of hydrogen-bond donors (Lipinski definition) is 3. The monoisotopic (exact) mass is 262 g/mol. The van der Waals surface area contributed by atoms with Crippen LogP contribution in [0.4, 0.5) is 9.59 Å². The lowest BCUT2D eigenvalue weighted by Gasteiger charge is -2.25. The molecule has 2 amide bonds. The predicted octanol–water partition coefficient (Wildman–Crippen LogP) is 1.04. The van der Waals surface area contributed by atoms with Crippen LogP contribution in [0.2, 0.25) is 0 Å². The topological polar surface area (TPSA) is 106 Å². The molecule has 0 unspecified atom stereocenters. The van der Waals surface area contributed by atoms with Gasteiger partial charge in [-0.05, 0) is 41.5 Å². The van der Waals surface area contributed by atoms with Crippen LogP contribution in [0.3, 0.4) is 0 Å². The Morgan fingerprint density at radius 1 is 1.00 bits per heavy atom. The number of hydrazine groups is 3. The van der Waals surface area contributed by atoms with Gasteiger partial charge in [0.1, 0.15) is 11.2 Å². The van der Waals surface area contributed by atoms with Crippen molar-refractivity contribution >= 4 is 12.2 Å². The van der Waals surface area contributed by atoms with E-state index >= 15 is 0 Å². The Morgan fingerprint density at radius 2 is 1.44 bits per heavy atom. The van der Waals surface area contributed by atoms with Crippen LogP contribution in [-0.4, -0.2) is 28.5 Å². The summed E-state index contributed by atoms with van der Waals surface area (Å²) in [5.41, 5.74) is 2.91. The third kappa shape index (κ3) is 8.59. The normalized spacial score (nSPS) is 11.7. The van der Waals surface area contributed by atoms with E-state index in [0.717, 1.165) is 0 Å². The van der Waals surface area contributed by atoms with E-state index in [1.807, 2.05) is 0 Å². The summed E-state index contributed by atoms with van der Waals surface area (Å²) in [6, 6.07) is 0. The fraction of sp³-hybridized carbons (Fsp3) is 0.800. The molecule has 0 aromatic rings. The lowest BCUT2D eigenvalue weighted by atomic mass is 10.2. The largest absolute Gasteiger partial charge is 0.443 e. The number of ether oxygens (including phenoxy) is 2. The van der Waals surface area contributed by atoms with E-state index in [4.69, 9.17) is 15.3 Å². The van der Waals surface area contributed by atoms with Crippen LogP contribution >= 0.6 is 0 Å². The Hall–Kier alpha value is -1.54. The first-order chi connectivity index (χ1) is 7.91. The predicted molar refractivity (Wildman–Crippen MR) is 64.8 cm³/mol. The number of amides is 2. The highest BCUT2D eigenvalue weighted by Gasteiger charge is 2.21. The van der Waals surface area contributed by atoms with Gasteiger partial charge in [0.15, 0.2) is 0 Å². The molecule has 0 fully saturated rings. The van der Waals surface area contributed by atoms with Crippen LogP contribution in [0, 0.1) is 0 Å². The summed E-state index contributed by atoms with van der Waals surface area (Å²) in [6.45, 7) is 10.2. The summed E-state index contributed by atoms with van der Waals surface area (Å²) in [6.07, 6.45) is -1.60. The molecule has 4 N–H and O–H groups in total. The fourth-order valence-corrected chi connectivity index (χ4v) is 0.766. The van der Waals surface area contributed by atoms with Gasteiger partial charge >= 0.3 is 12.2 Å². The summed E-state index contributed by atoms with van der Waals surface area (Å²) in [5.74, 6) is 5.31. The number of carbonyl (C=O) groups is 2. The van der Waals surface area contributed by atoms with E-state index in [1.54, 1.807) is 41.5 Å². The second-order valence-electron chi connectivity index (χ2n) is 5.59. The third-order valence-electron chi connectivity index (χ3n) is 1.27. The van der Waals surface area contributed by atoms with Gasteiger partial charge in [0.25, 0.3) is 0 Å². The lowest BCUT2D eigenvalue weighted by molar-refractivity contribution is 0.00391. The maximum Gasteiger partial charge on any atom is 0.441 e. The van der Waals surface area contributed by atoms with Crippen LogP contribution in [0.5, 0.6) is 0 Å². The minimum absolute atomic E-state index is 0.509. The zero-order chi connectivity index (χ0) is 14.6. The molecule has 0 aromatic carbocycles. The standard InChI is InChI=1S/C10H22N4O4/c1-9(2,3)17-7(15)12-13-14(11)8(16)18-10(4,5)6/h13H,11H2,1-6H3,(H,12,15). The number of nitrogens with zero attached hydrogens (tertiary/aromatic N) is 1. The van der Waals surface area contributed by atoms with Gasteiger partial charge in [0.2, 0.25) is 0 Å². The molecule has 0 saturated carbocycles. The average molecular weight is 262 g/mol. The highest BCUT2D eigenvalue weighted by Crippen LogP contribution is 2.08. The molecule has 8 nitrogen and oxygen atoms in total. The molecule has 0 bridgehead atoms. The summed E-state index contributed by atoms with van der Waals surface area (Å²) in [7, 11) is 0. The molecule has 8 heteroatoms. The van der Waals surface area contributed by atoms with Gasteiger partial charge < -0.3 is 9.47 Å². The molecule has 0 aliphatic carbocycles. The van der Waals surface area contributed by atoms with Gasteiger partial charge in [0, 0.05) is 0 Å². The summed E-state index contributed by atoms with van der Waals surface area (Å²) in [5, 5.41) is 0.509. The van der Waals surface area contributed by atoms with Crippen LogP contribution in [0.15, 0.2) is 0 Å². The smallest absolute Gasteiger partial charge is 0.441 e. The Kier molecular flexibility index (Phi) is 5.37. The quantitative estimate of drug-likeness (QED) is 0.390.